The Kier molecular flexibility index (Phi) is 7.28. The standard InChI is InChI=1S/C16H21N3O7S/c1-19(10(7-27-16(18)23)14(17)15(21)22)26-13(20)5-3-9-2-4-11-12(6-9)25-8-24-11/h2,4,6,10,14H,3,5,7-8,17H2,1H3,(H2,18,23)(H,21,22)/t10?,14-/m0/s1. The number of carboxylic acids is 1. The highest BCUT2D eigenvalue weighted by Crippen LogP contribution is 2.32. The van der Waals surface area contributed by atoms with Gasteiger partial charge in [0.05, 0.1) is 12.5 Å². The third-order valence-electron chi connectivity index (χ3n) is 3.86. The number of rotatable bonds is 9. The number of carboxylic acid groups (broad SMARTS) is 1. The summed E-state index contributed by atoms with van der Waals surface area (Å²) in [5, 5.41) is 9.46. The lowest BCUT2D eigenvalue weighted by Crippen LogP contribution is -2.52. The van der Waals surface area contributed by atoms with Gasteiger partial charge in [-0.1, -0.05) is 17.8 Å². The molecule has 1 amide bonds. The topological polar surface area (TPSA) is 154 Å². The van der Waals surface area contributed by atoms with E-state index < -0.39 is 29.3 Å². The number of fused-ring (bicyclic) bond motifs is 1. The van der Waals surface area contributed by atoms with E-state index in [1.807, 2.05) is 6.07 Å². The highest BCUT2D eigenvalue weighted by Gasteiger charge is 2.31. The first-order chi connectivity index (χ1) is 12.8. The molecule has 1 aliphatic heterocycles. The summed E-state index contributed by atoms with van der Waals surface area (Å²) < 4.78 is 10.5. The number of carbonyl (C=O) groups is 3. The van der Waals surface area contributed by atoms with Crippen molar-refractivity contribution >= 4 is 28.9 Å². The quantitative estimate of drug-likeness (QED) is 0.495. The van der Waals surface area contributed by atoms with E-state index in [0.29, 0.717) is 29.7 Å². The third kappa shape index (κ3) is 6.01. The molecule has 27 heavy (non-hydrogen) atoms. The number of hydrogen-bond acceptors (Lipinski definition) is 9. The molecule has 0 aliphatic carbocycles. The van der Waals surface area contributed by atoms with Crippen molar-refractivity contribution in [2.24, 2.45) is 11.5 Å². The predicted molar refractivity (Wildman–Crippen MR) is 96.2 cm³/mol. The molecule has 1 aromatic carbocycles. The van der Waals surface area contributed by atoms with Gasteiger partial charge < -0.3 is 30.9 Å². The van der Waals surface area contributed by atoms with Gasteiger partial charge in [0.2, 0.25) is 6.79 Å². The number of ether oxygens (including phenoxy) is 2. The molecule has 11 heteroatoms. The minimum atomic E-state index is -1.36. The third-order valence-corrected chi connectivity index (χ3v) is 4.66. The second-order valence-electron chi connectivity index (χ2n) is 5.76. The predicted octanol–water partition coefficient (Wildman–Crippen LogP) is 0.330. The zero-order valence-corrected chi connectivity index (χ0v) is 15.4. The number of aliphatic carboxylic acids is 1. The summed E-state index contributed by atoms with van der Waals surface area (Å²) in [6.07, 6.45) is 0.455. The van der Waals surface area contributed by atoms with Crippen LogP contribution in [-0.2, 0) is 20.8 Å². The summed E-state index contributed by atoms with van der Waals surface area (Å²) >= 11 is 0.699. The van der Waals surface area contributed by atoms with Crippen molar-refractivity contribution in [3.63, 3.8) is 0 Å². The van der Waals surface area contributed by atoms with Gasteiger partial charge in [-0.3, -0.25) is 14.4 Å². The molecule has 2 atom stereocenters. The van der Waals surface area contributed by atoms with Crippen LogP contribution in [0.1, 0.15) is 12.0 Å². The smallest absolute Gasteiger partial charge is 0.325 e. The minimum absolute atomic E-state index is 0.0330. The van der Waals surface area contributed by atoms with Gasteiger partial charge in [-0.2, -0.15) is 0 Å². The molecule has 148 valence electrons. The number of aryl methyl sites for hydroxylation is 1. The van der Waals surface area contributed by atoms with Crippen LogP contribution in [0.25, 0.3) is 0 Å². The first kappa shape index (κ1) is 20.8. The van der Waals surface area contributed by atoms with E-state index in [0.717, 1.165) is 10.6 Å². The maximum absolute atomic E-state index is 12.1. The Balaban J connectivity index is 1.89. The highest BCUT2D eigenvalue weighted by atomic mass is 32.2. The molecule has 0 spiro atoms. The fourth-order valence-electron chi connectivity index (χ4n) is 2.38. The van der Waals surface area contributed by atoms with E-state index in [2.05, 4.69) is 0 Å². The molecule has 1 aromatic rings. The molecule has 10 nitrogen and oxygen atoms in total. The van der Waals surface area contributed by atoms with Crippen molar-refractivity contribution in [2.45, 2.75) is 24.9 Å². The van der Waals surface area contributed by atoms with E-state index in [-0.39, 0.29) is 19.0 Å². The lowest BCUT2D eigenvalue weighted by molar-refractivity contribution is -0.195. The van der Waals surface area contributed by atoms with Crippen LogP contribution in [0.3, 0.4) is 0 Å². The molecule has 5 N–H and O–H groups in total. The van der Waals surface area contributed by atoms with Crippen LogP contribution in [0.5, 0.6) is 11.5 Å². The number of thioether (sulfide) groups is 1. The lowest BCUT2D eigenvalue weighted by atomic mass is 10.1. The van der Waals surface area contributed by atoms with Crippen LogP contribution in [-0.4, -0.2) is 59.0 Å². The second kappa shape index (κ2) is 9.44. The fraction of sp³-hybridized carbons (Fsp3) is 0.438. The Labute approximate surface area is 159 Å². The average Bonchev–Trinajstić information content (AvgIpc) is 3.07. The van der Waals surface area contributed by atoms with E-state index in [1.165, 1.54) is 7.05 Å². The maximum atomic E-state index is 12.1. The molecule has 2 rings (SSSR count). The van der Waals surface area contributed by atoms with E-state index >= 15 is 0 Å². The Morgan fingerprint density at radius 3 is 2.70 bits per heavy atom. The molecular formula is C16H21N3O7S. The zero-order valence-electron chi connectivity index (χ0n) is 14.6. The Morgan fingerprint density at radius 1 is 1.33 bits per heavy atom. The summed E-state index contributed by atoms with van der Waals surface area (Å²) in [6, 6.07) is 3.08. The fourth-order valence-corrected chi connectivity index (χ4v) is 3.14. The number of primary amides is 1. The highest BCUT2D eigenvalue weighted by molar-refractivity contribution is 8.13. The lowest BCUT2D eigenvalue weighted by Gasteiger charge is -2.28. The van der Waals surface area contributed by atoms with Gasteiger partial charge in [-0.15, -0.1) is 5.06 Å². The van der Waals surface area contributed by atoms with E-state index in [9.17, 15) is 14.4 Å². The van der Waals surface area contributed by atoms with Gasteiger partial charge in [0.15, 0.2) is 11.5 Å². The molecule has 1 aliphatic rings. The summed E-state index contributed by atoms with van der Waals surface area (Å²) in [4.78, 5) is 39.3. The molecule has 0 fully saturated rings. The molecule has 0 radical (unpaired) electrons. The van der Waals surface area contributed by atoms with Gasteiger partial charge in [0.1, 0.15) is 6.04 Å². The monoisotopic (exact) mass is 399 g/mol. The van der Waals surface area contributed by atoms with Gasteiger partial charge in [0, 0.05) is 12.8 Å². The van der Waals surface area contributed by atoms with Crippen LogP contribution >= 0.6 is 11.8 Å². The molecular weight excluding hydrogens is 378 g/mol. The van der Waals surface area contributed by atoms with Crippen molar-refractivity contribution in [3.05, 3.63) is 23.8 Å². The van der Waals surface area contributed by atoms with Crippen molar-refractivity contribution in [1.29, 1.82) is 0 Å². The van der Waals surface area contributed by atoms with Crippen LogP contribution in [0.15, 0.2) is 18.2 Å². The number of carbonyl (C=O) groups excluding carboxylic acids is 2. The number of hydrogen-bond donors (Lipinski definition) is 3. The minimum Gasteiger partial charge on any atom is -0.480 e. The Morgan fingerprint density at radius 2 is 2.04 bits per heavy atom. The number of hydroxylamine groups is 2. The molecule has 0 saturated carbocycles. The van der Waals surface area contributed by atoms with Crippen molar-refractivity contribution in [3.8, 4) is 11.5 Å². The first-order valence-electron chi connectivity index (χ1n) is 8.00. The SMILES string of the molecule is CN(OC(=O)CCc1ccc2c(c1)OCO2)C(CSC(N)=O)[C@H](N)C(=O)O. The van der Waals surface area contributed by atoms with Gasteiger partial charge >= 0.3 is 11.9 Å². The number of nitrogens with zero attached hydrogens (tertiary/aromatic N) is 1. The number of amides is 1. The summed E-state index contributed by atoms with van der Waals surface area (Å²) in [5.41, 5.74) is 11.5. The maximum Gasteiger partial charge on any atom is 0.325 e. The van der Waals surface area contributed by atoms with Crippen LogP contribution in [0.4, 0.5) is 4.79 Å². The largest absolute Gasteiger partial charge is 0.480 e. The molecule has 1 unspecified atom stereocenters. The Bertz CT molecular complexity index is 715. The number of benzene rings is 1. The zero-order chi connectivity index (χ0) is 20.0. The first-order valence-corrected chi connectivity index (χ1v) is 8.99. The van der Waals surface area contributed by atoms with Crippen molar-refractivity contribution in [1.82, 2.24) is 5.06 Å². The van der Waals surface area contributed by atoms with Gasteiger partial charge in [-0.25, -0.2) is 0 Å². The molecule has 1 heterocycles. The van der Waals surface area contributed by atoms with Crippen molar-refractivity contribution in [2.75, 3.05) is 19.6 Å². The van der Waals surface area contributed by atoms with Crippen LogP contribution in [0, 0.1) is 0 Å². The summed E-state index contributed by atoms with van der Waals surface area (Å²) in [7, 11) is 1.38. The number of nitrogens with two attached hydrogens (primary N) is 2. The molecule has 0 aromatic heterocycles. The summed E-state index contributed by atoms with van der Waals surface area (Å²) in [5.74, 6) is -0.614. The molecule has 0 saturated heterocycles. The average molecular weight is 399 g/mol. The number of likely N-dealkylation sites (N-methyl/N-ethyl adjacent to an activating group) is 1. The van der Waals surface area contributed by atoms with Gasteiger partial charge in [-0.05, 0) is 24.1 Å². The molecule has 0 bridgehead atoms. The van der Waals surface area contributed by atoms with Crippen LogP contribution in [0.2, 0.25) is 0 Å². The van der Waals surface area contributed by atoms with Crippen LogP contribution < -0.4 is 20.9 Å². The Hall–Kier alpha value is -2.50. The second-order valence-corrected chi connectivity index (χ2v) is 6.78. The van der Waals surface area contributed by atoms with E-state index in [1.54, 1.807) is 12.1 Å². The normalized spacial score (nSPS) is 14.6. The van der Waals surface area contributed by atoms with Crippen molar-refractivity contribution < 1.29 is 33.8 Å². The van der Waals surface area contributed by atoms with Gasteiger partial charge in [0.25, 0.3) is 5.24 Å². The van der Waals surface area contributed by atoms with E-state index in [4.69, 9.17) is 30.9 Å². The summed E-state index contributed by atoms with van der Waals surface area (Å²) in [6.45, 7) is 0.167.